The SMILES string of the molecule is Cc1ccc(C2(c3ccc(N4C(=O)c5ccc(-c6ccc7c(c6)C(=O)N(C)C7=O)cc5C4=O)cc3)c3ccccc3-c3ccccc32)cc1. The van der Waals surface area contributed by atoms with E-state index in [9.17, 15) is 19.2 Å². The van der Waals surface area contributed by atoms with Crippen molar-refractivity contribution in [3.63, 3.8) is 0 Å². The second-order valence-electron chi connectivity index (χ2n) is 12.9. The number of carbonyl (C=O) groups is 4. The standard InChI is InChI=1S/C43H28N2O4/c1-25-11-15-28(16-12-25)43(37-9-5-3-7-31(37)32-8-4-6-10-38(32)43)29-17-19-30(20-18-29)45-41(48)34-22-14-27(24-36(34)42(45)49)26-13-21-33-35(23-26)40(47)44(2)39(33)46/h3-24H,1-2H3. The maximum absolute atomic E-state index is 13.9. The van der Waals surface area contributed by atoms with Gasteiger partial charge in [-0.3, -0.25) is 24.1 Å². The zero-order chi connectivity index (χ0) is 33.6. The average Bonchev–Trinajstić information content (AvgIpc) is 3.67. The van der Waals surface area contributed by atoms with Gasteiger partial charge in [0.25, 0.3) is 23.6 Å². The Labute approximate surface area is 282 Å². The van der Waals surface area contributed by atoms with Gasteiger partial charge in [0.1, 0.15) is 0 Å². The molecule has 0 atom stereocenters. The van der Waals surface area contributed by atoms with Crippen molar-refractivity contribution in [3.8, 4) is 22.3 Å². The number of hydrogen-bond donors (Lipinski definition) is 0. The van der Waals surface area contributed by atoms with Crippen molar-refractivity contribution in [1.29, 1.82) is 0 Å². The number of amides is 4. The molecule has 2 heterocycles. The van der Waals surface area contributed by atoms with Gasteiger partial charge in [0, 0.05) is 7.05 Å². The second kappa shape index (κ2) is 10.3. The molecule has 1 aliphatic carbocycles. The zero-order valence-corrected chi connectivity index (χ0v) is 26.7. The number of aryl methyl sites for hydroxylation is 1. The minimum absolute atomic E-state index is 0.293. The van der Waals surface area contributed by atoms with Crippen LogP contribution in [0.2, 0.25) is 0 Å². The average molecular weight is 637 g/mol. The quantitative estimate of drug-likeness (QED) is 0.183. The van der Waals surface area contributed by atoms with E-state index in [4.69, 9.17) is 0 Å². The number of imide groups is 2. The third-order valence-corrected chi connectivity index (χ3v) is 10.3. The highest BCUT2D eigenvalue weighted by molar-refractivity contribution is 6.34. The third kappa shape index (κ3) is 3.88. The number of rotatable bonds is 4. The van der Waals surface area contributed by atoms with Gasteiger partial charge in [0.15, 0.2) is 0 Å². The number of benzene rings is 6. The summed E-state index contributed by atoms with van der Waals surface area (Å²) in [6.45, 7) is 2.08. The number of hydrogen-bond acceptors (Lipinski definition) is 4. The molecule has 0 aromatic heterocycles. The van der Waals surface area contributed by atoms with Crippen molar-refractivity contribution in [2.45, 2.75) is 12.3 Å². The predicted octanol–water partition coefficient (Wildman–Crippen LogP) is 8.05. The first-order valence-electron chi connectivity index (χ1n) is 16.2. The Morgan fingerprint density at radius 1 is 0.449 bits per heavy atom. The van der Waals surface area contributed by atoms with E-state index in [0.29, 0.717) is 39.1 Å². The second-order valence-corrected chi connectivity index (χ2v) is 12.9. The van der Waals surface area contributed by atoms with E-state index in [-0.39, 0.29) is 17.7 Å². The van der Waals surface area contributed by atoms with Gasteiger partial charge in [-0.25, -0.2) is 4.90 Å². The topological polar surface area (TPSA) is 74.8 Å². The number of anilines is 1. The van der Waals surface area contributed by atoms with Crippen LogP contribution >= 0.6 is 0 Å². The first-order valence-corrected chi connectivity index (χ1v) is 16.2. The number of fused-ring (bicyclic) bond motifs is 5. The Morgan fingerprint density at radius 2 is 0.898 bits per heavy atom. The maximum Gasteiger partial charge on any atom is 0.266 e. The van der Waals surface area contributed by atoms with Gasteiger partial charge in [-0.15, -0.1) is 0 Å². The van der Waals surface area contributed by atoms with Gasteiger partial charge in [-0.1, -0.05) is 103 Å². The maximum atomic E-state index is 13.9. The van der Waals surface area contributed by atoms with E-state index in [0.717, 1.165) is 16.0 Å². The van der Waals surface area contributed by atoms with Gasteiger partial charge in [0.05, 0.1) is 33.4 Å². The van der Waals surface area contributed by atoms with Crippen LogP contribution in [0.25, 0.3) is 22.3 Å². The summed E-state index contributed by atoms with van der Waals surface area (Å²) in [6.07, 6.45) is 0. The van der Waals surface area contributed by atoms with Crippen LogP contribution < -0.4 is 4.90 Å². The number of nitrogens with zero attached hydrogens (tertiary/aromatic N) is 2. The summed E-state index contributed by atoms with van der Waals surface area (Å²) >= 11 is 0. The molecule has 6 aromatic carbocycles. The van der Waals surface area contributed by atoms with Crippen molar-refractivity contribution in [1.82, 2.24) is 4.90 Å². The van der Waals surface area contributed by atoms with Gasteiger partial charge in [0.2, 0.25) is 0 Å². The van der Waals surface area contributed by atoms with E-state index in [2.05, 4.69) is 79.7 Å². The minimum atomic E-state index is -0.590. The lowest BCUT2D eigenvalue weighted by Crippen LogP contribution is -2.30. The molecule has 6 nitrogen and oxygen atoms in total. The van der Waals surface area contributed by atoms with Crippen molar-refractivity contribution in [3.05, 3.63) is 184 Å². The van der Waals surface area contributed by atoms with Crippen LogP contribution in [0.4, 0.5) is 5.69 Å². The van der Waals surface area contributed by atoms with E-state index in [1.54, 1.807) is 36.4 Å². The monoisotopic (exact) mass is 636 g/mol. The molecule has 49 heavy (non-hydrogen) atoms. The fourth-order valence-corrected chi connectivity index (χ4v) is 7.88. The molecule has 0 saturated carbocycles. The summed E-state index contributed by atoms with van der Waals surface area (Å²) < 4.78 is 0. The summed E-state index contributed by atoms with van der Waals surface area (Å²) in [5, 5.41) is 0. The molecule has 0 saturated heterocycles. The fourth-order valence-electron chi connectivity index (χ4n) is 7.88. The molecule has 0 spiro atoms. The zero-order valence-electron chi connectivity index (χ0n) is 26.7. The number of carbonyl (C=O) groups excluding carboxylic acids is 4. The van der Waals surface area contributed by atoms with Crippen molar-refractivity contribution in [2.24, 2.45) is 0 Å². The summed E-state index contributed by atoms with van der Waals surface area (Å²) in [5.41, 5.74) is 10.6. The molecule has 4 amide bonds. The lowest BCUT2D eigenvalue weighted by atomic mass is 9.67. The molecular weight excluding hydrogens is 608 g/mol. The van der Waals surface area contributed by atoms with E-state index >= 15 is 0 Å². The normalized spacial score (nSPS) is 15.4. The van der Waals surface area contributed by atoms with Gasteiger partial charge >= 0.3 is 0 Å². The predicted molar refractivity (Wildman–Crippen MR) is 188 cm³/mol. The molecular formula is C43H28N2O4. The van der Waals surface area contributed by atoms with Crippen LogP contribution in [0, 0.1) is 6.92 Å². The summed E-state index contributed by atoms with van der Waals surface area (Å²) in [5.74, 6) is -1.50. The van der Waals surface area contributed by atoms with Gasteiger partial charge < -0.3 is 0 Å². The molecule has 0 unspecified atom stereocenters. The van der Waals surface area contributed by atoms with Crippen LogP contribution in [-0.4, -0.2) is 35.6 Å². The summed E-state index contributed by atoms with van der Waals surface area (Å²) in [7, 11) is 1.46. The molecule has 6 aromatic rings. The van der Waals surface area contributed by atoms with Crippen LogP contribution in [0.15, 0.2) is 133 Å². The van der Waals surface area contributed by atoms with E-state index in [1.165, 1.54) is 39.8 Å². The Morgan fingerprint density at radius 3 is 1.47 bits per heavy atom. The molecule has 0 fully saturated rings. The third-order valence-electron chi connectivity index (χ3n) is 10.3. The summed E-state index contributed by atoms with van der Waals surface area (Å²) in [4.78, 5) is 54.9. The van der Waals surface area contributed by atoms with Crippen LogP contribution in [0.3, 0.4) is 0 Å². The van der Waals surface area contributed by atoms with Crippen molar-refractivity contribution < 1.29 is 19.2 Å². The van der Waals surface area contributed by atoms with E-state index in [1.807, 2.05) is 24.3 Å². The van der Waals surface area contributed by atoms with Crippen molar-refractivity contribution in [2.75, 3.05) is 11.9 Å². The highest BCUT2D eigenvalue weighted by Crippen LogP contribution is 2.56. The van der Waals surface area contributed by atoms with Crippen LogP contribution in [0.1, 0.15) is 69.2 Å². The Bertz CT molecular complexity index is 2400. The molecule has 234 valence electrons. The first kappa shape index (κ1) is 28.8. The smallest absolute Gasteiger partial charge is 0.266 e. The van der Waals surface area contributed by atoms with E-state index < -0.39 is 11.3 Å². The minimum Gasteiger partial charge on any atom is -0.277 e. The van der Waals surface area contributed by atoms with Crippen molar-refractivity contribution >= 4 is 29.3 Å². The largest absolute Gasteiger partial charge is 0.277 e. The Kier molecular flexibility index (Phi) is 6.05. The van der Waals surface area contributed by atoms with Crippen LogP contribution in [0.5, 0.6) is 0 Å². The molecule has 3 aliphatic rings. The molecule has 2 aliphatic heterocycles. The first-order chi connectivity index (χ1) is 23.8. The van der Waals surface area contributed by atoms with Crippen LogP contribution in [-0.2, 0) is 5.41 Å². The summed E-state index contributed by atoms with van der Waals surface area (Å²) in [6, 6.07) is 43.6. The molecule has 0 bridgehead atoms. The molecule has 0 N–H and O–H groups in total. The molecule has 9 rings (SSSR count). The van der Waals surface area contributed by atoms with Gasteiger partial charge in [-0.2, -0.15) is 0 Å². The highest BCUT2D eigenvalue weighted by atomic mass is 16.2. The molecule has 0 radical (unpaired) electrons. The lowest BCUT2D eigenvalue weighted by Gasteiger charge is -2.34. The van der Waals surface area contributed by atoms with Gasteiger partial charge in [-0.05, 0) is 87.8 Å². The highest BCUT2D eigenvalue weighted by Gasteiger charge is 2.46. The Hall–Kier alpha value is -6.40. The fraction of sp³-hybridized carbons (Fsp3) is 0.0698. The molecule has 6 heteroatoms. The lowest BCUT2D eigenvalue weighted by molar-refractivity contribution is 0.0692. The Balaban J connectivity index is 1.11.